The van der Waals surface area contributed by atoms with Crippen LogP contribution in [-0.2, 0) is 41.8 Å². The van der Waals surface area contributed by atoms with Gasteiger partial charge >= 0.3 is 10.5 Å². The van der Waals surface area contributed by atoms with Crippen LogP contribution < -0.4 is 0 Å². The van der Waals surface area contributed by atoms with E-state index >= 15 is 0 Å². The van der Waals surface area contributed by atoms with Gasteiger partial charge in [0.05, 0.1) is 5.60 Å². The average Bonchev–Trinajstić information content (AvgIpc) is 2.85. The summed E-state index contributed by atoms with van der Waals surface area (Å²) in [5.74, 6) is 0. The molecule has 0 saturated carbocycles. The SMILES string of the molecule is COC(C)(C)c1ccccc1[S+]1OC(C)(C)c2ccccc21.O=S(=O)(O)F. The lowest BCUT2D eigenvalue weighted by Crippen LogP contribution is -2.24. The number of ether oxygens (including phenoxy) is 1. The van der Waals surface area contributed by atoms with Gasteiger partial charge < -0.3 is 4.74 Å². The zero-order valence-electron chi connectivity index (χ0n) is 15.9. The molecule has 3 rings (SSSR count). The van der Waals surface area contributed by atoms with Gasteiger partial charge in [0.25, 0.3) is 0 Å². The summed E-state index contributed by atoms with van der Waals surface area (Å²) in [6.45, 7) is 8.48. The Morgan fingerprint density at radius 1 is 1.07 bits per heavy atom. The number of fused-ring (bicyclic) bond motifs is 1. The van der Waals surface area contributed by atoms with Crippen LogP contribution >= 0.6 is 0 Å². The number of hydrogen-bond acceptors (Lipinski definition) is 4. The van der Waals surface area contributed by atoms with Gasteiger partial charge in [-0.15, -0.1) is 0 Å². The van der Waals surface area contributed by atoms with Gasteiger partial charge in [-0.05, 0) is 39.8 Å². The number of hydrogen-bond donors (Lipinski definition) is 1. The quantitative estimate of drug-likeness (QED) is 0.453. The maximum absolute atomic E-state index is 10.2. The van der Waals surface area contributed by atoms with Gasteiger partial charge in [-0.2, -0.15) is 12.6 Å². The zero-order chi connectivity index (χ0) is 20.5. The molecule has 0 radical (unpaired) electrons. The highest BCUT2D eigenvalue weighted by Crippen LogP contribution is 2.47. The maximum atomic E-state index is 10.2. The van der Waals surface area contributed by atoms with Gasteiger partial charge in [0, 0.05) is 18.2 Å². The third kappa shape index (κ3) is 5.30. The average molecular weight is 416 g/mol. The van der Waals surface area contributed by atoms with Crippen molar-refractivity contribution >= 4 is 21.7 Å². The van der Waals surface area contributed by atoms with Gasteiger partial charge in [-0.1, -0.05) is 40.3 Å². The van der Waals surface area contributed by atoms with Crippen molar-refractivity contribution in [1.29, 1.82) is 0 Å². The first-order chi connectivity index (χ1) is 12.4. The first kappa shape index (κ1) is 21.8. The molecule has 1 heterocycles. The first-order valence-corrected chi connectivity index (χ1v) is 10.7. The van der Waals surface area contributed by atoms with E-state index in [-0.39, 0.29) is 22.4 Å². The Morgan fingerprint density at radius 3 is 2.11 bits per heavy atom. The Bertz CT molecular complexity index is 902. The van der Waals surface area contributed by atoms with Gasteiger partial charge in [-0.3, -0.25) is 4.55 Å². The molecule has 0 amide bonds. The molecule has 0 bridgehead atoms. The van der Waals surface area contributed by atoms with Gasteiger partial charge in [0.15, 0.2) is 5.60 Å². The van der Waals surface area contributed by atoms with E-state index in [1.807, 2.05) is 0 Å². The van der Waals surface area contributed by atoms with Crippen molar-refractivity contribution in [3.8, 4) is 0 Å². The molecule has 5 nitrogen and oxygen atoms in total. The molecular weight excluding hydrogens is 391 g/mol. The second-order valence-corrected chi connectivity index (χ2v) is 9.39. The largest absolute Gasteiger partial charge is 0.435 e. The molecule has 1 aliphatic heterocycles. The minimum atomic E-state index is -5.17. The normalized spacial score (nSPS) is 18.4. The molecule has 0 aromatic heterocycles. The van der Waals surface area contributed by atoms with E-state index in [2.05, 4.69) is 76.2 Å². The molecule has 2 aromatic rings. The fourth-order valence-corrected chi connectivity index (χ4v) is 5.18. The second-order valence-electron chi connectivity index (χ2n) is 6.98. The molecule has 1 N–H and O–H groups in total. The van der Waals surface area contributed by atoms with Crippen molar-refractivity contribution < 1.29 is 25.8 Å². The Hall–Kier alpha value is -1.45. The lowest BCUT2D eigenvalue weighted by atomic mass is 9.98. The van der Waals surface area contributed by atoms with Crippen molar-refractivity contribution in [3.05, 3.63) is 59.7 Å². The molecular formula is C19H24FO5S2+. The predicted octanol–water partition coefficient (Wildman–Crippen LogP) is 4.54. The highest BCUT2D eigenvalue weighted by atomic mass is 32.3. The van der Waals surface area contributed by atoms with Crippen molar-refractivity contribution in [2.75, 3.05) is 7.11 Å². The summed E-state index contributed by atoms with van der Waals surface area (Å²) in [7, 11) is -3.41. The van der Waals surface area contributed by atoms with Crippen LogP contribution in [0.2, 0.25) is 0 Å². The fraction of sp³-hybridized carbons (Fsp3) is 0.368. The summed E-state index contributed by atoms with van der Waals surface area (Å²) in [4.78, 5) is 2.50. The lowest BCUT2D eigenvalue weighted by molar-refractivity contribution is 0.0166. The van der Waals surface area contributed by atoms with Crippen molar-refractivity contribution in [2.45, 2.75) is 48.7 Å². The Labute approximate surface area is 163 Å². The molecule has 1 atom stereocenters. The Kier molecular flexibility index (Phi) is 6.38. The molecule has 0 fully saturated rings. The minimum absolute atomic E-state index is 0.260. The number of halogens is 1. The Morgan fingerprint density at radius 2 is 1.56 bits per heavy atom. The molecule has 0 saturated heterocycles. The monoisotopic (exact) mass is 415 g/mol. The summed E-state index contributed by atoms with van der Waals surface area (Å²) in [6.07, 6.45) is 0. The maximum Gasteiger partial charge on any atom is 0.435 e. The summed E-state index contributed by atoms with van der Waals surface area (Å²) in [6, 6.07) is 17.0. The topological polar surface area (TPSA) is 72.8 Å². The van der Waals surface area contributed by atoms with E-state index in [1.54, 1.807) is 7.11 Å². The molecule has 2 aromatic carbocycles. The number of methoxy groups -OCH3 is 1. The van der Waals surface area contributed by atoms with Crippen LogP contribution in [0.15, 0.2) is 58.3 Å². The Balaban J connectivity index is 0.000000465. The van der Waals surface area contributed by atoms with Crippen LogP contribution in [0.25, 0.3) is 0 Å². The molecule has 148 valence electrons. The van der Waals surface area contributed by atoms with E-state index in [1.165, 1.54) is 20.9 Å². The van der Waals surface area contributed by atoms with E-state index in [0.717, 1.165) is 0 Å². The summed E-state index contributed by atoms with van der Waals surface area (Å²) >= 11 is -0.375. The third-order valence-corrected chi connectivity index (χ3v) is 6.37. The molecule has 0 aliphatic carbocycles. The van der Waals surface area contributed by atoms with Crippen molar-refractivity contribution in [1.82, 2.24) is 0 Å². The van der Waals surface area contributed by atoms with E-state index < -0.39 is 10.5 Å². The summed E-state index contributed by atoms with van der Waals surface area (Å²) < 4.78 is 46.3. The van der Waals surface area contributed by atoms with Crippen molar-refractivity contribution in [2.24, 2.45) is 0 Å². The molecule has 27 heavy (non-hydrogen) atoms. The van der Waals surface area contributed by atoms with Gasteiger partial charge in [0.2, 0.25) is 21.0 Å². The van der Waals surface area contributed by atoms with E-state index in [0.29, 0.717) is 0 Å². The first-order valence-electron chi connectivity index (χ1n) is 8.22. The van der Waals surface area contributed by atoms with E-state index in [4.69, 9.17) is 21.9 Å². The summed E-state index contributed by atoms with van der Waals surface area (Å²) in [5, 5.41) is 0. The van der Waals surface area contributed by atoms with Gasteiger partial charge in [-0.25, -0.2) is 0 Å². The highest BCUT2D eigenvalue weighted by Gasteiger charge is 2.50. The molecule has 0 spiro atoms. The number of benzene rings is 2. The molecule has 1 unspecified atom stereocenters. The zero-order valence-corrected chi connectivity index (χ0v) is 17.5. The number of rotatable bonds is 3. The summed E-state index contributed by atoms with van der Waals surface area (Å²) in [5.41, 5.74) is 1.87. The van der Waals surface area contributed by atoms with Crippen LogP contribution in [-0.4, -0.2) is 20.1 Å². The van der Waals surface area contributed by atoms with Crippen LogP contribution in [0, 0.1) is 0 Å². The fourth-order valence-electron chi connectivity index (χ4n) is 2.82. The van der Waals surface area contributed by atoms with E-state index in [9.17, 15) is 3.89 Å². The van der Waals surface area contributed by atoms with Gasteiger partial charge in [0.1, 0.15) is 0 Å². The van der Waals surface area contributed by atoms with Crippen LogP contribution in [0.1, 0.15) is 38.8 Å². The van der Waals surface area contributed by atoms with Crippen LogP contribution in [0.5, 0.6) is 0 Å². The molecule has 1 aliphatic rings. The van der Waals surface area contributed by atoms with Crippen molar-refractivity contribution in [3.63, 3.8) is 0 Å². The third-order valence-electron chi connectivity index (χ3n) is 4.27. The smallest absolute Gasteiger partial charge is 0.374 e. The van der Waals surface area contributed by atoms with Crippen LogP contribution in [0.4, 0.5) is 3.89 Å². The minimum Gasteiger partial charge on any atom is -0.374 e. The molecule has 8 heteroatoms. The van der Waals surface area contributed by atoms with Crippen LogP contribution in [0.3, 0.4) is 0 Å². The second kappa shape index (κ2) is 7.89. The lowest BCUT2D eigenvalue weighted by Gasteiger charge is -2.24. The highest BCUT2D eigenvalue weighted by molar-refractivity contribution is 7.92. The predicted molar refractivity (Wildman–Crippen MR) is 104 cm³/mol. The standard InChI is InChI=1S/C19H23O2S.FHO3S/c1-18(2,20-5)14-10-6-8-12-16(14)22-17-13-9-7-11-15(17)19(3,4)21-22;1-5(2,3)4/h6-13H,1-5H3;(H,2,3,4)/q+1;.